The molecule has 1 aliphatic heterocycles. The number of amides is 4. The number of urea groups is 1. The predicted octanol–water partition coefficient (Wildman–Crippen LogP) is 1.57. The molecular formula is C19H16N6O3. The second kappa shape index (κ2) is 6.62. The fraction of sp³-hybridized carbons (Fsp3) is 0.105. The lowest BCUT2D eigenvalue weighted by Crippen LogP contribution is -2.40. The van der Waals surface area contributed by atoms with Crippen molar-refractivity contribution in [2.45, 2.75) is 12.5 Å². The smallest absolute Gasteiger partial charge is 0.322 e. The quantitative estimate of drug-likeness (QED) is 0.598. The van der Waals surface area contributed by atoms with Crippen molar-refractivity contribution in [2.24, 2.45) is 0 Å². The molecule has 1 aromatic heterocycles. The van der Waals surface area contributed by atoms with Crippen LogP contribution in [0.2, 0.25) is 0 Å². The van der Waals surface area contributed by atoms with Gasteiger partial charge >= 0.3 is 6.03 Å². The number of carbonyl (C=O) groups excluding carboxylic acids is 3. The molecule has 0 saturated carbocycles. The van der Waals surface area contributed by atoms with Gasteiger partial charge in [0.25, 0.3) is 11.8 Å². The summed E-state index contributed by atoms with van der Waals surface area (Å²) in [5.41, 5.74) is 1.14. The monoisotopic (exact) mass is 376 g/mol. The van der Waals surface area contributed by atoms with Crippen molar-refractivity contribution < 1.29 is 14.4 Å². The number of nitrogens with one attached hydrogen (secondary N) is 3. The summed E-state index contributed by atoms with van der Waals surface area (Å²) >= 11 is 0. The van der Waals surface area contributed by atoms with Gasteiger partial charge in [0.05, 0.1) is 5.69 Å². The molecule has 0 radical (unpaired) electrons. The summed E-state index contributed by atoms with van der Waals surface area (Å²) in [6, 6.07) is 13.1. The molecule has 3 aromatic rings. The maximum Gasteiger partial charge on any atom is 0.322 e. The van der Waals surface area contributed by atoms with Gasteiger partial charge in [0.1, 0.15) is 18.2 Å². The maximum atomic E-state index is 12.5. The van der Waals surface area contributed by atoms with Crippen LogP contribution in [0, 0.1) is 0 Å². The van der Waals surface area contributed by atoms with Crippen LogP contribution in [0.5, 0.6) is 0 Å². The number of rotatable bonds is 4. The molecule has 1 fully saturated rings. The molecule has 9 nitrogen and oxygen atoms in total. The molecule has 2 heterocycles. The lowest BCUT2D eigenvalue weighted by molar-refractivity contribution is -0.123. The number of carbonyl (C=O) groups is 3. The molecule has 1 aliphatic rings. The van der Waals surface area contributed by atoms with Crippen LogP contribution in [0.3, 0.4) is 0 Å². The van der Waals surface area contributed by atoms with E-state index in [1.165, 1.54) is 6.33 Å². The summed E-state index contributed by atoms with van der Waals surface area (Å²) in [6.45, 7) is 1.61. The highest BCUT2D eigenvalue weighted by molar-refractivity contribution is 6.07. The minimum absolute atomic E-state index is 0.299. The highest BCUT2D eigenvalue weighted by atomic mass is 16.2. The molecule has 2 aromatic carbocycles. The normalized spacial score (nSPS) is 18.5. The van der Waals surface area contributed by atoms with Gasteiger partial charge in [-0.15, -0.1) is 0 Å². The summed E-state index contributed by atoms with van der Waals surface area (Å²) in [5, 5.41) is 11.7. The third-order valence-corrected chi connectivity index (χ3v) is 4.56. The largest absolute Gasteiger partial charge is 0.322 e. The van der Waals surface area contributed by atoms with E-state index in [1.54, 1.807) is 66.5 Å². The average molecular weight is 376 g/mol. The zero-order valence-electron chi connectivity index (χ0n) is 14.8. The standard InChI is InChI=1S/C19H16N6O3/c1-19(17(27)23-18(28)24-19)13-3-2-4-14(9-13)22-16(26)12-5-7-15(8-6-12)25-11-20-10-21-25/h2-11H,1H3,(H,22,26)(H2,23,24,27,28)/t19-/m0/s1. The van der Waals surface area contributed by atoms with Crippen molar-refractivity contribution in [1.82, 2.24) is 25.4 Å². The molecule has 0 unspecified atom stereocenters. The lowest BCUT2D eigenvalue weighted by atomic mass is 9.92. The Bertz CT molecular complexity index is 1060. The maximum absolute atomic E-state index is 12.5. The van der Waals surface area contributed by atoms with E-state index in [2.05, 4.69) is 26.0 Å². The van der Waals surface area contributed by atoms with E-state index < -0.39 is 17.5 Å². The average Bonchev–Trinajstić information content (AvgIpc) is 3.31. The minimum atomic E-state index is -1.18. The number of hydrogen-bond donors (Lipinski definition) is 3. The Labute approximate surface area is 159 Å². The molecule has 0 bridgehead atoms. The summed E-state index contributed by atoms with van der Waals surface area (Å²) in [6.07, 6.45) is 3.00. The zero-order chi connectivity index (χ0) is 19.7. The number of imide groups is 1. The van der Waals surface area contributed by atoms with Gasteiger partial charge in [-0.25, -0.2) is 14.5 Å². The van der Waals surface area contributed by atoms with Crippen molar-refractivity contribution >= 4 is 23.5 Å². The molecular weight excluding hydrogens is 360 g/mol. The zero-order valence-corrected chi connectivity index (χ0v) is 14.8. The number of nitrogens with zero attached hydrogens (tertiary/aromatic N) is 3. The first-order valence-corrected chi connectivity index (χ1v) is 8.46. The Balaban J connectivity index is 1.52. The molecule has 4 rings (SSSR count). The molecule has 1 atom stereocenters. The summed E-state index contributed by atoms with van der Waals surface area (Å²) < 4.78 is 1.59. The van der Waals surface area contributed by atoms with Crippen molar-refractivity contribution in [1.29, 1.82) is 0 Å². The van der Waals surface area contributed by atoms with Crippen molar-refractivity contribution in [3.05, 3.63) is 72.3 Å². The first kappa shape index (κ1) is 17.4. The van der Waals surface area contributed by atoms with E-state index in [9.17, 15) is 14.4 Å². The first-order valence-electron chi connectivity index (χ1n) is 8.46. The molecule has 140 valence electrons. The number of anilines is 1. The van der Waals surface area contributed by atoms with E-state index in [0.717, 1.165) is 5.69 Å². The predicted molar refractivity (Wildman–Crippen MR) is 99.8 cm³/mol. The topological polar surface area (TPSA) is 118 Å². The lowest BCUT2D eigenvalue weighted by Gasteiger charge is -2.21. The van der Waals surface area contributed by atoms with Crippen molar-refractivity contribution in [3.8, 4) is 5.69 Å². The fourth-order valence-electron chi connectivity index (χ4n) is 2.96. The first-order chi connectivity index (χ1) is 13.5. The molecule has 3 N–H and O–H groups in total. The van der Waals surface area contributed by atoms with Crippen LogP contribution in [-0.2, 0) is 10.3 Å². The van der Waals surface area contributed by atoms with Gasteiger partial charge in [-0.1, -0.05) is 12.1 Å². The highest BCUT2D eigenvalue weighted by Crippen LogP contribution is 2.26. The van der Waals surface area contributed by atoms with Gasteiger partial charge in [-0.3, -0.25) is 14.9 Å². The third-order valence-electron chi connectivity index (χ3n) is 4.56. The van der Waals surface area contributed by atoms with E-state index in [0.29, 0.717) is 16.8 Å². The van der Waals surface area contributed by atoms with Gasteiger partial charge < -0.3 is 10.6 Å². The van der Waals surface area contributed by atoms with Gasteiger partial charge in [-0.2, -0.15) is 5.10 Å². The molecule has 9 heteroatoms. The van der Waals surface area contributed by atoms with Crippen LogP contribution in [-0.4, -0.2) is 32.6 Å². The van der Waals surface area contributed by atoms with E-state index in [1.807, 2.05) is 0 Å². The Morgan fingerprint density at radius 2 is 1.93 bits per heavy atom. The van der Waals surface area contributed by atoms with Crippen molar-refractivity contribution in [3.63, 3.8) is 0 Å². The molecule has 0 aliphatic carbocycles. The number of hydrogen-bond acceptors (Lipinski definition) is 5. The summed E-state index contributed by atoms with van der Waals surface area (Å²) in [7, 11) is 0. The number of aromatic nitrogens is 3. The number of benzene rings is 2. The summed E-state index contributed by atoms with van der Waals surface area (Å²) in [4.78, 5) is 40.0. The van der Waals surface area contributed by atoms with Crippen LogP contribution in [0.15, 0.2) is 61.2 Å². The Morgan fingerprint density at radius 3 is 2.57 bits per heavy atom. The molecule has 4 amide bonds. The minimum Gasteiger partial charge on any atom is -0.322 e. The second-order valence-electron chi connectivity index (χ2n) is 6.46. The van der Waals surface area contributed by atoms with Crippen molar-refractivity contribution in [2.75, 3.05) is 5.32 Å². The van der Waals surface area contributed by atoms with Crippen LogP contribution < -0.4 is 16.0 Å². The van der Waals surface area contributed by atoms with Crippen LogP contribution in [0.25, 0.3) is 5.69 Å². The van der Waals surface area contributed by atoms with E-state index >= 15 is 0 Å². The second-order valence-corrected chi connectivity index (χ2v) is 6.46. The van der Waals surface area contributed by atoms with Crippen LogP contribution >= 0.6 is 0 Å². The van der Waals surface area contributed by atoms with E-state index in [4.69, 9.17) is 0 Å². The summed E-state index contributed by atoms with van der Waals surface area (Å²) in [5.74, 6) is -0.739. The molecule has 0 spiro atoms. The molecule has 28 heavy (non-hydrogen) atoms. The Kier molecular flexibility index (Phi) is 4.11. The van der Waals surface area contributed by atoms with Gasteiger partial charge in [0, 0.05) is 11.3 Å². The third kappa shape index (κ3) is 3.09. The molecule has 1 saturated heterocycles. The fourth-order valence-corrected chi connectivity index (χ4v) is 2.96. The Hall–Kier alpha value is -4.01. The Morgan fingerprint density at radius 1 is 1.14 bits per heavy atom. The van der Waals surface area contributed by atoms with E-state index in [-0.39, 0.29) is 5.91 Å². The van der Waals surface area contributed by atoms with Gasteiger partial charge in [0.2, 0.25) is 0 Å². The van der Waals surface area contributed by atoms with Gasteiger partial charge in [-0.05, 0) is 48.9 Å². The SMILES string of the molecule is C[C@@]1(c2cccc(NC(=O)c3ccc(-n4cncn4)cc3)c2)NC(=O)NC1=O. The van der Waals surface area contributed by atoms with Crippen LogP contribution in [0.4, 0.5) is 10.5 Å². The van der Waals surface area contributed by atoms with Crippen LogP contribution in [0.1, 0.15) is 22.8 Å². The highest BCUT2D eigenvalue weighted by Gasteiger charge is 2.43. The van der Waals surface area contributed by atoms with Gasteiger partial charge in [0.15, 0.2) is 0 Å².